The van der Waals surface area contributed by atoms with Crippen LogP contribution in [0.3, 0.4) is 0 Å². The first kappa shape index (κ1) is 18.5. The molecule has 0 amide bonds. The average molecular weight is 387 g/mol. The number of nitro benzene ring substituents is 1. The quantitative estimate of drug-likeness (QED) is 0.476. The number of halogens is 1. The molecule has 138 valence electrons. The predicted molar refractivity (Wildman–Crippen MR) is 97.1 cm³/mol. The second-order valence-corrected chi connectivity index (χ2v) is 7.47. The van der Waals surface area contributed by atoms with Gasteiger partial charge in [0.25, 0.3) is 15.7 Å². The van der Waals surface area contributed by atoms with Gasteiger partial charge < -0.3 is 0 Å². The average Bonchev–Trinajstić information content (AvgIpc) is 2.68. The van der Waals surface area contributed by atoms with E-state index in [2.05, 4.69) is 4.98 Å². The molecule has 3 aromatic rings. The molecule has 1 aromatic heterocycles. The third kappa shape index (κ3) is 4.09. The number of nitrogens with zero attached hydrogens (tertiary/aromatic N) is 3. The van der Waals surface area contributed by atoms with Crippen LogP contribution >= 0.6 is 0 Å². The minimum absolute atomic E-state index is 0.0650. The molecular weight excluding hydrogens is 373 g/mol. The van der Waals surface area contributed by atoms with Gasteiger partial charge in [0.15, 0.2) is 0 Å². The van der Waals surface area contributed by atoms with Crippen molar-refractivity contribution in [1.82, 2.24) is 4.98 Å². The van der Waals surface area contributed by atoms with Gasteiger partial charge >= 0.3 is 0 Å². The van der Waals surface area contributed by atoms with Gasteiger partial charge in [-0.1, -0.05) is 12.1 Å². The summed E-state index contributed by atoms with van der Waals surface area (Å²) < 4.78 is 40.7. The third-order valence-corrected chi connectivity index (χ3v) is 5.55. The first-order valence-corrected chi connectivity index (χ1v) is 9.23. The third-order valence-electron chi connectivity index (χ3n) is 3.78. The molecule has 1 heterocycles. The van der Waals surface area contributed by atoms with Crippen molar-refractivity contribution in [3.8, 4) is 0 Å². The largest absolute Gasteiger partial charge is 0.270 e. The molecule has 0 atom stereocenters. The highest BCUT2D eigenvalue weighted by molar-refractivity contribution is 7.92. The molecule has 0 saturated heterocycles. The number of sulfonamides is 1. The summed E-state index contributed by atoms with van der Waals surface area (Å²) in [6, 6.07) is 13.1. The second-order valence-electron chi connectivity index (χ2n) is 5.60. The zero-order valence-electron chi connectivity index (χ0n) is 13.9. The lowest BCUT2D eigenvalue weighted by atomic mass is 10.2. The van der Waals surface area contributed by atoms with Crippen molar-refractivity contribution in [3.63, 3.8) is 0 Å². The summed E-state index contributed by atoms with van der Waals surface area (Å²) in [5.41, 5.74) is 0.499. The molecule has 2 aromatic carbocycles. The number of non-ortho nitro benzene ring substituents is 1. The Kier molecular flexibility index (Phi) is 5.13. The summed E-state index contributed by atoms with van der Waals surface area (Å²) in [7, 11) is -4.14. The highest BCUT2D eigenvalue weighted by Crippen LogP contribution is 2.27. The van der Waals surface area contributed by atoms with E-state index in [1.807, 2.05) is 0 Å². The van der Waals surface area contributed by atoms with Crippen LogP contribution in [0.2, 0.25) is 0 Å². The van der Waals surface area contributed by atoms with E-state index in [0.717, 1.165) is 22.5 Å². The highest BCUT2D eigenvalue weighted by Gasteiger charge is 2.27. The van der Waals surface area contributed by atoms with E-state index in [1.165, 1.54) is 36.5 Å². The van der Waals surface area contributed by atoms with Gasteiger partial charge in [0.1, 0.15) is 5.82 Å². The predicted octanol–water partition coefficient (Wildman–Crippen LogP) is 3.52. The number of nitro groups is 1. The van der Waals surface area contributed by atoms with Crippen LogP contribution in [0, 0.1) is 15.9 Å². The maximum absolute atomic E-state index is 13.3. The Balaban J connectivity index is 2.09. The van der Waals surface area contributed by atoms with Crippen LogP contribution in [0.25, 0.3) is 0 Å². The zero-order chi connectivity index (χ0) is 19.4. The van der Waals surface area contributed by atoms with E-state index in [9.17, 15) is 22.9 Å². The van der Waals surface area contributed by atoms with Gasteiger partial charge in [0, 0.05) is 24.5 Å². The van der Waals surface area contributed by atoms with Gasteiger partial charge in [-0.15, -0.1) is 0 Å². The summed E-state index contributed by atoms with van der Waals surface area (Å²) in [4.78, 5) is 14.1. The van der Waals surface area contributed by atoms with Gasteiger partial charge in [0.2, 0.25) is 0 Å². The number of pyridine rings is 1. The topological polar surface area (TPSA) is 93.4 Å². The maximum atomic E-state index is 13.3. The Bertz CT molecular complexity index is 1060. The van der Waals surface area contributed by atoms with Gasteiger partial charge in [-0.3, -0.25) is 19.4 Å². The summed E-state index contributed by atoms with van der Waals surface area (Å²) in [5.74, 6) is -0.507. The standard InChI is InChI=1S/C18H14FN3O4S/c19-15-6-8-16(9-7-15)21(13-14-3-2-10-20-12-14)27(25,26)18-5-1-4-17(11-18)22(23)24/h1-12H,13H2. The van der Waals surface area contributed by atoms with Gasteiger partial charge in [0.05, 0.1) is 22.1 Å². The monoisotopic (exact) mass is 387 g/mol. The van der Waals surface area contributed by atoms with Crippen LogP contribution in [0.1, 0.15) is 5.56 Å². The number of benzene rings is 2. The Hall–Kier alpha value is -3.33. The lowest BCUT2D eigenvalue weighted by Crippen LogP contribution is -2.30. The molecule has 0 N–H and O–H groups in total. The molecule has 9 heteroatoms. The van der Waals surface area contributed by atoms with Crippen molar-refractivity contribution in [2.75, 3.05) is 4.31 Å². The number of hydrogen-bond donors (Lipinski definition) is 0. The normalized spacial score (nSPS) is 11.1. The molecule has 0 aliphatic carbocycles. The Labute approximate surface area is 154 Å². The molecule has 0 saturated carbocycles. The fourth-order valence-corrected chi connectivity index (χ4v) is 3.96. The van der Waals surface area contributed by atoms with Crippen LogP contribution in [-0.2, 0) is 16.6 Å². The van der Waals surface area contributed by atoms with E-state index >= 15 is 0 Å². The summed E-state index contributed by atoms with van der Waals surface area (Å²) in [5, 5.41) is 11.0. The summed E-state index contributed by atoms with van der Waals surface area (Å²) in [6.07, 6.45) is 3.07. The molecule has 7 nitrogen and oxygen atoms in total. The minimum atomic E-state index is -4.14. The zero-order valence-corrected chi connectivity index (χ0v) is 14.7. The van der Waals surface area contributed by atoms with E-state index in [1.54, 1.807) is 18.3 Å². The van der Waals surface area contributed by atoms with Crippen molar-refractivity contribution in [2.24, 2.45) is 0 Å². The van der Waals surface area contributed by atoms with Crippen LogP contribution in [0.15, 0.2) is 78.0 Å². The van der Waals surface area contributed by atoms with Crippen molar-refractivity contribution in [3.05, 3.63) is 94.6 Å². The first-order valence-electron chi connectivity index (χ1n) is 7.79. The van der Waals surface area contributed by atoms with Crippen molar-refractivity contribution in [1.29, 1.82) is 0 Å². The van der Waals surface area contributed by atoms with Gasteiger partial charge in [-0.05, 0) is 42.0 Å². The molecule has 0 radical (unpaired) electrons. The fraction of sp³-hybridized carbons (Fsp3) is 0.0556. The van der Waals surface area contributed by atoms with E-state index in [-0.39, 0.29) is 22.8 Å². The molecule has 0 spiro atoms. The van der Waals surface area contributed by atoms with Crippen LogP contribution in [-0.4, -0.2) is 18.3 Å². The van der Waals surface area contributed by atoms with Crippen molar-refractivity contribution < 1.29 is 17.7 Å². The van der Waals surface area contributed by atoms with Crippen LogP contribution in [0.5, 0.6) is 0 Å². The molecule has 27 heavy (non-hydrogen) atoms. The lowest BCUT2D eigenvalue weighted by molar-refractivity contribution is -0.385. The number of anilines is 1. The maximum Gasteiger partial charge on any atom is 0.270 e. The second kappa shape index (κ2) is 7.50. The smallest absolute Gasteiger partial charge is 0.264 e. The van der Waals surface area contributed by atoms with Crippen molar-refractivity contribution >= 4 is 21.4 Å². The summed E-state index contributed by atoms with van der Waals surface area (Å²) >= 11 is 0. The van der Waals surface area contributed by atoms with Gasteiger partial charge in [-0.2, -0.15) is 0 Å². The van der Waals surface area contributed by atoms with Crippen LogP contribution in [0.4, 0.5) is 15.8 Å². The first-order chi connectivity index (χ1) is 12.9. The molecule has 0 bridgehead atoms. The van der Waals surface area contributed by atoms with E-state index in [0.29, 0.717) is 5.56 Å². The van der Waals surface area contributed by atoms with Crippen molar-refractivity contribution in [2.45, 2.75) is 11.4 Å². The fourth-order valence-electron chi connectivity index (χ4n) is 2.46. The SMILES string of the molecule is O=[N+]([O-])c1cccc(S(=O)(=O)N(Cc2cccnc2)c2ccc(F)cc2)c1. The Morgan fingerprint density at radius 2 is 1.81 bits per heavy atom. The highest BCUT2D eigenvalue weighted by atomic mass is 32.2. The Morgan fingerprint density at radius 3 is 2.44 bits per heavy atom. The van der Waals surface area contributed by atoms with E-state index in [4.69, 9.17) is 0 Å². The number of hydrogen-bond acceptors (Lipinski definition) is 5. The molecule has 0 aliphatic heterocycles. The number of rotatable bonds is 6. The Morgan fingerprint density at radius 1 is 1.07 bits per heavy atom. The molecular formula is C18H14FN3O4S. The van der Waals surface area contributed by atoms with Gasteiger partial charge in [-0.25, -0.2) is 12.8 Å². The number of aromatic nitrogens is 1. The lowest BCUT2D eigenvalue weighted by Gasteiger charge is -2.24. The minimum Gasteiger partial charge on any atom is -0.264 e. The molecule has 0 aliphatic rings. The molecule has 3 rings (SSSR count). The van der Waals surface area contributed by atoms with Crippen LogP contribution < -0.4 is 4.31 Å². The van der Waals surface area contributed by atoms with E-state index < -0.39 is 20.8 Å². The molecule has 0 fully saturated rings. The summed E-state index contributed by atoms with van der Waals surface area (Å²) in [6.45, 7) is -0.0650. The molecule has 0 unspecified atom stereocenters.